The van der Waals surface area contributed by atoms with Gasteiger partial charge in [0.05, 0.1) is 11.9 Å². The Labute approximate surface area is 121 Å². The van der Waals surface area contributed by atoms with Gasteiger partial charge >= 0.3 is 0 Å². The third-order valence-corrected chi connectivity index (χ3v) is 3.37. The van der Waals surface area contributed by atoms with Crippen LogP contribution < -0.4 is 10.6 Å². The number of hydrogen-bond donors (Lipinski definition) is 2. The molecule has 6 heteroatoms. The smallest absolute Gasteiger partial charge is 0.245 e. The van der Waals surface area contributed by atoms with Crippen LogP contribution in [0.25, 0.3) is 0 Å². The number of rotatable bonds is 7. The highest BCUT2D eigenvalue weighted by Gasteiger charge is 2.23. The van der Waals surface area contributed by atoms with Gasteiger partial charge in [-0.3, -0.25) is 4.79 Å². The standard InChI is InChI=1S/C14H27N5O/c1-7-14(5,6)16-13(20)11(4)19-9-12(17-18-19)8-15-10(2)3/h9-11,15H,7-8H2,1-6H3,(H,16,20). The van der Waals surface area contributed by atoms with Crippen molar-refractivity contribution >= 4 is 5.91 Å². The van der Waals surface area contributed by atoms with Crippen LogP contribution in [0, 0.1) is 0 Å². The van der Waals surface area contributed by atoms with E-state index in [-0.39, 0.29) is 17.5 Å². The van der Waals surface area contributed by atoms with E-state index in [0.29, 0.717) is 12.6 Å². The molecule has 6 nitrogen and oxygen atoms in total. The molecule has 1 rings (SSSR count). The molecule has 0 aromatic carbocycles. The van der Waals surface area contributed by atoms with Crippen LogP contribution >= 0.6 is 0 Å². The zero-order valence-electron chi connectivity index (χ0n) is 13.4. The van der Waals surface area contributed by atoms with Gasteiger partial charge in [0.15, 0.2) is 0 Å². The Kier molecular flexibility index (Phi) is 5.68. The largest absolute Gasteiger partial charge is 0.349 e. The molecule has 1 unspecified atom stereocenters. The van der Waals surface area contributed by atoms with Gasteiger partial charge in [0.1, 0.15) is 6.04 Å². The van der Waals surface area contributed by atoms with Crippen molar-refractivity contribution in [1.82, 2.24) is 25.6 Å². The number of aromatic nitrogens is 3. The molecule has 1 aromatic heterocycles. The van der Waals surface area contributed by atoms with Gasteiger partial charge in [0, 0.05) is 18.1 Å². The first-order valence-corrected chi connectivity index (χ1v) is 7.21. The molecular weight excluding hydrogens is 254 g/mol. The third-order valence-electron chi connectivity index (χ3n) is 3.37. The maximum absolute atomic E-state index is 12.2. The Morgan fingerprint density at radius 1 is 1.40 bits per heavy atom. The molecule has 1 atom stereocenters. The van der Waals surface area contributed by atoms with Crippen LogP contribution in [-0.2, 0) is 11.3 Å². The summed E-state index contributed by atoms with van der Waals surface area (Å²) in [6.07, 6.45) is 2.70. The second-order valence-electron chi connectivity index (χ2n) is 6.13. The average molecular weight is 281 g/mol. The van der Waals surface area contributed by atoms with Crippen molar-refractivity contribution in [3.63, 3.8) is 0 Å². The summed E-state index contributed by atoms with van der Waals surface area (Å²) in [6.45, 7) is 12.7. The summed E-state index contributed by atoms with van der Waals surface area (Å²) in [5, 5.41) is 14.4. The normalized spacial score (nSPS) is 13.6. The summed E-state index contributed by atoms with van der Waals surface area (Å²) < 4.78 is 1.61. The lowest BCUT2D eigenvalue weighted by atomic mass is 10.0. The van der Waals surface area contributed by atoms with Crippen LogP contribution in [0.2, 0.25) is 0 Å². The molecule has 0 radical (unpaired) electrons. The molecule has 0 saturated carbocycles. The molecule has 0 aliphatic carbocycles. The van der Waals surface area contributed by atoms with Gasteiger partial charge in [-0.15, -0.1) is 5.10 Å². The van der Waals surface area contributed by atoms with Crippen LogP contribution in [0.1, 0.15) is 59.7 Å². The van der Waals surface area contributed by atoms with E-state index in [1.165, 1.54) is 0 Å². The van der Waals surface area contributed by atoms with Gasteiger partial charge in [0.2, 0.25) is 5.91 Å². The quantitative estimate of drug-likeness (QED) is 0.797. The topological polar surface area (TPSA) is 71.8 Å². The number of carbonyl (C=O) groups excluding carboxylic acids is 1. The highest BCUT2D eigenvalue weighted by molar-refractivity contribution is 5.80. The van der Waals surface area contributed by atoms with Crippen molar-refractivity contribution in [2.45, 2.75) is 72.1 Å². The number of nitrogens with zero attached hydrogens (tertiary/aromatic N) is 3. The Balaban J connectivity index is 2.63. The zero-order valence-corrected chi connectivity index (χ0v) is 13.4. The van der Waals surface area contributed by atoms with E-state index in [0.717, 1.165) is 12.1 Å². The van der Waals surface area contributed by atoms with E-state index >= 15 is 0 Å². The van der Waals surface area contributed by atoms with Gasteiger partial charge < -0.3 is 10.6 Å². The molecule has 1 heterocycles. The molecule has 1 amide bonds. The van der Waals surface area contributed by atoms with Gasteiger partial charge in [-0.1, -0.05) is 26.0 Å². The number of amides is 1. The first-order chi connectivity index (χ1) is 9.25. The van der Waals surface area contributed by atoms with Crippen LogP contribution in [0.4, 0.5) is 0 Å². The summed E-state index contributed by atoms with van der Waals surface area (Å²) in [7, 11) is 0. The van der Waals surface area contributed by atoms with E-state index in [1.807, 2.05) is 27.0 Å². The number of nitrogens with one attached hydrogen (secondary N) is 2. The van der Waals surface area contributed by atoms with Crippen molar-refractivity contribution in [3.8, 4) is 0 Å². The van der Waals surface area contributed by atoms with E-state index in [4.69, 9.17) is 0 Å². The Bertz CT molecular complexity index is 439. The molecule has 114 valence electrons. The molecule has 0 fully saturated rings. The predicted molar refractivity (Wildman–Crippen MR) is 79.2 cm³/mol. The lowest BCUT2D eigenvalue weighted by molar-refractivity contribution is -0.125. The molecule has 2 N–H and O–H groups in total. The van der Waals surface area contributed by atoms with Crippen LogP contribution in [0.3, 0.4) is 0 Å². The third kappa shape index (κ3) is 4.92. The predicted octanol–water partition coefficient (Wildman–Crippen LogP) is 1.64. The van der Waals surface area contributed by atoms with Crippen LogP contribution in [0.5, 0.6) is 0 Å². The molecule has 20 heavy (non-hydrogen) atoms. The lowest BCUT2D eigenvalue weighted by Gasteiger charge is -2.26. The van der Waals surface area contributed by atoms with Crippen LogP contribution in [0.15, 0.2) is 6.20 Å². The maximum atomic E-state index is 12.2. The molecule has 0 saturated heterocycles. The van der Waals surface area contributed by atoms with Crippen molar-refractivity contribution in [1.29, 1.82) is 0 Å². The molecule has 0 bridgehead atoms. The summed E-state index contributed by atoms with van der Waals surface area (Å²) in [5.74, 6) is -0.0369. The Morgan fingerprint density at radius 3 is 2.60 bits per heavy atom. The highest BCUT2D eigenvalue weighted by Crippen LogP contribution is 2.11. The van der Waals surface area contributed by atoms with Gasteiger partial charge in [-0.2, -0.15) is 0 Å². The second-order valence-corrected chi connectivity index (χ2v) is 6.13. The zero-order chi connectivity index (χ0) is 15.3. The van der Waals surface area contributed by atoms with E-state index < -0.39 is 0 Å². The second kappa shape index (κ2) is 6.83. The van der Waals surface area contributed by atoms with Crippen molar-refractivity contribution in [2.24, 2.45) is 0 Å². The summed E-state index contributed by atoms with van der Waals surface area (Å²) in [4.78, 5) is 12.2. The van der Waals surface area contributed by atoms with E-state index in [1.54, 1.807) is 4.68 Å². The molecule has 1 aromatic rings. The number of carbonyl (C=O) groups is 1. The van der Waals surface area contributed by atoms with Crippen molar-refractivity contribution in [3.05, 3.63) is 11.9 Å². The van der Waals surface area contributed by atoms with Crippen molar-refractivity contribution < 1.29 is 4.79 Å². The monoisotopic (exact) mass is 281 g/mol. The van der Waals surface area contributed by atoms with E-state index in [2.05, 4.69) is 41.7 Å². The summed E-state index contributed by atoms with van der Waals surface area (Å²) >= 11 is 0. The Morgan fingerprint density at radius 2 is 2.05 bits per heavy atom. The summed E-state index contributed by atoms with van der Waals surface area (Å²) in [6, 6.07) is 0.0346. The maximum Gasteiger partial charge on any atom is 0.245 e. The highest BCUT2D eigenvalue weighted by atomic mass is 16.2. The first-order valence-electron chi connectivity index (χ1n) is 7.21. The molecule has 0 spiro atoms. The van der Waals surface area contributed by atoms with Gasteiger partial charge in [0.25, 0.3) is 0 Å². The summed E-state index contributed by atoms with van der Waals surface area (Å²) in [5.41, 5.74) is 0.640. The minimum Gasteiger partial charge on any atom is -0.349 e. The first kappa shape index (κ1) is 16.6. The minimum absolute atomic E-state index is 0.0369. The SMILES string of the molecule is CCC(C)(C)NC(=O)C(C)n1cc(CNC(C)C)nn1. The lowest BCUT2D eigenvalue weighted by Crippen LogP contribution is -2.45. The van der Waals surface area contributed by atoms with E-state index in [9.17, 15) is 4.79 Å². The fraction of sp³-hybridized carbons (Fsp3) is 0.786. The molecular formula is C14H27N5O. The molecule has 0 aliphatic heterocycles. The molecule has 0 aliphatic rings. The fourth-order valence-electron chi connectivity index (χ4n) is 1.54. The van der Waals surface area contributed by atoms with Gasteiger partial charge in [-0.25, -0.2) is 4.68 Å². The van der Waals surface area contributed by atoms with Gasteiger partial charge in [-0.05, 0) is 27.2 Å². The Hall–Kier alpha value is -1.43. The van der Waals surface area contributed by atoms with Crippen molar-refractivity contribution in [2.75, 3.05) is 0 Å². The average Bonchev–Trinajstić information content (AvgIpc) is 2.83. The van der Waals surface area contributed by atoms with Crippen LogP contribution in [-0.4, -0.2) is 32.5 Å². The minimum atomic E-state index is -0.360. The fourth-order valence-corrected chi connectivity index (χ4v) is 1.54. The number of hydrogen-bond acceptors (Lipinski definition) is 4.